The van der Waals surface area contributed by atoms with Crippen LogP contribution in [0.15, 0.2) is 30.5 Å². The molecule has 4 heterocycles. The minimum atomic E-state index is -0.528. The molecule has 3 aromatic rings. The molecule has 0 aliphatic carbocycles. The van der Waals surface area contributed by atoms with Gasteiger partial charge in [0.1, 0.15) is 5.75 Å². The van der Waals surface area contributed by atoms with E-state index in [4.69, 9.17) is 16.3 Å². The van der Waals surface area contributed by atoms with Crippen LogP contribution in [0.4, 0.5) is 0 Å². The molecule has 1 unspecified atom stereocenters. The molecule has 34 heavy (non-hydrogen) atoms. The zero-order valence-corrected chi connectivity index (χ0v) is 20.8. The fourth-order valence-electron chi connectivity index (χ4n) is 4.75. The lowest BCUT2D eigenvalue weighted by molar-refractivity contribution is -0.138. The molecule has 1 saturated heterocycles. The second-order valence-electron chi connectivity index (χ2n) is 8.92. The first kappa shape index (κ1) is 23.1. The van der Waals surface area contributed by atoms with Crippen LogP contribution in [0.25, 0.3) is 21.3 Å². The fourth-order valence-corrected chi connectivity index (χ4v) is 6.26. The van der Waals surface area contributed by atoms with Crippen LogP contribution in [-0.2, 0) is 22.4 Å². The number of halogens is 1. The maximum atomic E-state index is 13.1. The normalized spacial score (nSPS) is 18.4. The molecule has 1 aromatic carbocycles. The molecule has 2 aromatic heterocycles. The lowest BCUT2D eigenvalue weighted by Gasteiger charge is -2.29. The van der Waals surface area contributed by atoms with Crippen molar-refractivity contribution in [1.29, 1.82) is 0 Å². The average molecular weight is 499 g/mol. The number of pyridine rings is 1. The lowest BCUT2D eigenvalue weighted by atomic mass is 10.0. The topological polar surface area (TPSA) is 83.6 Å². The first-order valence-corrected chi connectivity index (χ1v) is 12.7. The minimum Gasteiger partial charge on any atom is -0.479 e. The Hall–Kier alpha value is -2.68. The van der Waals surface area contributed by atoms with Crippen molar-refractivity contribution in [3.8, 4) is 16.9 Å². The molecule has 2 amide bonds. The molecule has 9 heteroatoms. The first-order valence-electron chi connectivity index (χ1n) is 11.5. The van der Waals surface area contributed by atoms with Crippen molar-refractivity contribution in [2.24, 2.45) is 0 Å². The van der Waals surface area contributed by atoms with Gasteiger partial charge >= 0.3 is 0 Å². The van der Waals surface area contributed by atoms with Crippen LogP contribution in [0.1, 0.15) is 24.3 Å². The quantitative estimate of drug-likeness (QED) is 0.563. The number of nitrogens with one attached hydrogen (secondary N) is 2. The van der Waals surface area contributed by atoms with Gasteiger partial charge in [0.25, 0.3) is 5.91 Å². The predicted molar refractivity (Wildman–Crippen MR) is 135 cm³/mol. The van der Waals surface area contributed by atoms with Crippen LogP contribution in [0, 0.1) is 0 Å². The predicted octanol–water partition coefficient (Wildman–Crippen LogP) is 3.42. The lowest BCUT2D eigenvalue weighted by Crippen LogP contribution is -2.50. The van der Waals surface area contributed by atoms with Gasteiger partial charge in [-0.1, -0.05) is 11.6 Å². The molecular formula is C25H27ClN4O3S. The molecule has 1 fully saturated rings. The second-order valence-corrected chi connectivity index (χ2v) is 10.5. The Morgan fingerprint density at radius 3 is 2.85 bits per heavy atom. The molecule has 0 radical (unpaired) electrons. The number of hydrogen-bond donors (Lipinski definition) is 2. The smallest absolute Gasteiger partial charge is 0.264 e. The Morgan fingerprint density at radius 1 is 1.29 bits per heavy atom. The number of carbonyl (C=O) groups excluding carboxylic acids is 2. The number of nitrogens with zero attached hydrogens (tertiary/aromatic N) is 2. The molecular weight excluding hydrogens is 472 g/mol. The third-order valence-corrected chi connectivity index (χ3v) is 7.61. The molecule has 7 nitrogen and oxygen atoms in total. The van der Waals surface area contributed by atoms with Gasteiger partial charge in [-0.3, -0.25) is 14.6 Å². The molecule has 2 N–H and O–H groups in total. The van der Waals surface area contributed by atoms with Gasteiger partial charge in [-0.15, -0.1) is 11.3 Å². The molecule has 0 saturated carbocycles. The van der Waals surface area contributed by atoms with Gasteiger partial charge in [0.2, 0.25) is 5.91 Å². The highest BCUT2D eigenvalue weighted by Gasteiger charge is 2.35. The van der Waals surface area contributed by atoms with Crippen molar-refractivity contribution >= 4 is 45.0 Å². The molecule has 2 aliphatic rings. The zero-order valence-electron chi connectivity index (χ0n) is 19.2. The Morgan fingerprint density at radius 2 is 2.09 bits per heavy atom. The maximum Gasteiger partial charge on any atom is 0.264 e. The highest BCUT2D eigenvalue weighted by molar-refractivity contribution is 7.19. The summed E-state index contributed by atoms with van der Waals surface area (Å²) in [6.07, 6.45) is 2.51. The summed E-state index contributed by atoms with van der Waals surface area (Å²) in [6.45, 7) is 6.52. The van der Waals surface area contributed by atoms with Crippen LogP contribution in [0.5, 0.6) is 5.75 Å². The van der Waals surface area contributed by atoms with Crippen LogP contribution in [-0.4, -0.2) is 60.0 Å². The Labute approximate surface area is 207 Å². The van der Waals surface area contributed by atoms with E-state index in [1.54, 1.807) is 17.5 Å². The van der Waals surface area contributed by atoms with Gasteiger partial charge in [-0.25, -0.2) is 0 Å². The average Bonchev–Trinajstić information content (AvgIpc) is 3.41. The van der Waals surface area contributed by atoms with Crippen LogP contribution < -0.4 is 15.4 Å². The van der Waals surface area contributed by atoms with E-state index in [1.165, 1.54) is 6.92 Å². The summed E-state index contributed by atoms with van der Waals surface area (Å²) in [5.74, 6) is 0.723. The van der Waals surface area contributed by atoms with Gasteiger partial charge in [0.15, 0.2) is 6.10 Å². The molecule has 178 valence electrons. The zero-order chi connectivity index (χ0) is 23.8. The van der Waals surface area contributed by atoms with E-state index in [0.29, 0.717) is 24.5 Å². The number of fused-ring (bicyclic) bond motifs is 2. The van der Waals surface area contributed by atoms with E-state index in [2.05, 4.69) is 21.7 Å². The number of aromatic nitrogens is 1. The summed E-state index contributed by atoms with van der Waals surface area (Å²) in [6, 6.07) is 7.89. The molecule has 2 atom stereocenters. The second kappa shape index (κ2) is 9.52. The largest absolute Gasteiger partial charge is 0.479 e. The number of benzene rings is 1. The SMILES string of the molecule is CC(=O)NC(C)Cc1cc2nccc(-c3cc(Cl)cc4c3O[C@@H](C(=O)N3CCNCC3)C4)c2s1. The minimum absolute atomic E-state index is 0.0320. The van der Waals surface area contributed by atoms with Gasteiger partial charge in [0, 0.05) is 84.8 Å². The van der Waals surface area contributed by atoms with Crippen molar-refractivity contribution < 1.29 is 14.3 Å². The summed E-state index contributed by atoms with van der Waals surface area (Å²) < 4.78 is 7.33. The number of thiophene rings is 1. The van der Waals surface area contributed by atoms with Gasteiger partial charge in [-0.05, 0) is 31.2 Å². The highest BCUT2D eigenvalue weighted by Crippen LogP contribution is 2.44. The maximum absolute atomic E-state index is 13.1. The highest BCUT2D eigenvalue weighted by atomic mass is 35.5. The summed E-state index contributed by atoms with van der Waals surface area (Å²) in [5.41, 5.74) is 3.72. The monoisotopic (exact) mass is 498 g/mol. The molecule has 0 bridgehead atoms. The van der Waals surface area contributed by atoms with Crippen molar-refractivity contribution in [2.45, 2.75) is 38.8 Å². The number of piperazine rings is 1. The van der Waals surface area contributed by atoms with Crippen molar-refractivity contribution in [2.75, 3.05) is 26.2 Å². The molecule has 5 rings (SSSR count). The number of rotatable bonds is 5. The Balaban J connectivity index is 1.47. The standard InChI is InChI=1S/C25H27ClN4O3S/c1-14(29-15(2)31)9-18-13-21-24(34-18)19(3-4-28-21)20-12-17(26)10-16-11-22(33-23(16)20)25(32)30-7-5-27-6-8-30/h3-4,10,12-14,22,27H,5-9,11H2,1-2H3,(H,29,31)/t14?,22-/m1/s1. The third kappa shape index (κ3) is 4.62. The van der Waals surface area contributed by atoms with Crippen molar-refractivity contribution in [3.05, 3.63) is 45.9 Å². The fraction of sp³-hybridized carbons (Fsp3) is 0.400. The Kier molecular flexibility index (Phi) is 6.46. The van der Waals surface area contributed by atoms with Crippen LogP contribution >= 0.6 is 22.9 Å². The van der Waals surface area contributed by atoms with E-state index in [1.807, 2.05) is 30.0 Å². The van der Waals surface area contributed by atoms with Crippen LogP contribution in [0.3, 0.4) is 0 Å². The Bertz CT molecular complexity index is 1250. The summed E-state index contributed by atoms with van der Waals surface area (Å²) >= 11 is 8.18. The van der Waals surface area contributed by atoms with E-state index >= 15 is 0 Å². The number of hydrogen-bond acceptors (Lipinski definition) is 6. The van der Waals surface area contributed by atoms with Crippen molar-refractivity contribution in [3.63, 3.8) is 0 Å². The summed E-state index contributed by atoms with van der Waals surface area (Å²) in [4.78, 5) is 32.1. The van der Waals surface area contributed by atoms with E-state index in [9.17, 15) is 9.59 Å². The van der Waals surface area contributed by atoms with Gasteiger partial charge in [-0.2, -0.15) is 0 Å². The van der Waals surface area contributed by atoms with Crippen molar-refractivity contribution in [1.82, 2.24) is 20.5 Å². The number of ether oxygens (including phenoxy) is 1. The summed E-state index contributed by atoms with van der Waals surface area (Å²) in [7, 11) is 0. The van der Waals surface area contributed by atoms with Gasteiger partial charge < -0.3 is 20.3 Å². The van der Waals surface area contributed by atoms with E-state index in [-0.39, 0.29) is 17.9 Å². The number of amides is 2. The summed E-state index contributed by atoms with van der Waals surface area (Å²) in [5, 5.41) is 6.83. The third-order valence-electron chi connectivity index (χ3n) is 6.21. The van der Waals surface area contributed by atoms with E-state index in [0.717, 1.165) is 57.0 Å². The molecule has 0 spiro atoms. The van der Waals surface area contributed by atoms with Gasteiger partial charge in [0.05, 0.1) is 10.2 Å². The molecule has 2 aliphatic heterocycles. The first-order chi connectivity index (χ1) is 16.4. The van der Waals surface area contributed by atoms with Crippen LogP contribution in [0.2, 0.25) is 5.02 Å². The van der Waals surface area contributed by atoms with E-state index < -0.39 is 6.10 Å². The number of carbonyl (C=O) groups is 2.